The van der Waals surface area contributed by atoms with Crippen molar-refractivity contribution in [1.82, 2.24) is 4.57 Å². The summed E-state index contributed by atoms with van der Waals surface area (Å²) in [4.78, 5) is 2.40. The van der Waals surface area contributed by atoms with E-state index in [4.69, 9.17) is 0 Å². The Balaban J connectivity index is 1.07. The number of hydrogen-bond donors (Lipinski definition) is 0. The van der Waals surface area contributed by atoms with Crippen molar-refractivity contribution in [3.63, 3.8) is 0 Å². The van der Waals surface area contributed by atoms with E-state index < -0.39 is 0 Å². The number of fused-ring (bicyclic) bond motifs is 13. The Morgan fingerprint density at radius 3 is 1.73 bits per heavy atom. The van der Waals surface area contributed by atoms with Gasteiger partial charge in [0.15, 0.2) is 0 Å². The van der Waals surface area contributed by atoms with E-state index in [0.717, 1.165) is 17.1 Å². The van der Waals surface area contributed by atoms with Gasteiger partial charge in [0.05, 0.1) is 11.0 Å². The average molecular weight is 753 g/mol. The molecule has 0 amide bonds. The molecule has 10 aromatic carbocycles. The van der Waals surface area contributed by atoms with Crippen molar-refractivity contribution in [2.24, 2.45) is 0 Å². The van der Waals surface area contributed by atoms with Gasteiger partial charge in [-0.1, -0.05) is 159 Å². The standard InChI is InChI=1S/C57H40N2/c1-57(2)51-27-15-13-23-44(51)45-34-33-41(35-52(45)57)58(38-17-5-3-6-18-38)40-31-29-37(30-32-40)49-36-50-43-22-10-12-25-47(43)56-55(54(50)46-24-11-9-21-42(46)49)48-26-14-16-28-53(48)59(56)39-19-7-4-8-20-39/h3-36H,1-2H3. The van der Waals surface area contributed by atoms with Crippen LogP contribution < -0.4 is 4.90 Å². The fourth-order valence-electron chi connectivity index (χ4n) is 10.3. The first-order valence-electron chi connectivity index (χ1n) is 20.6. The van der Waals surface area contributed by atoms with Crippen molar-refractivity contribution in [1.29, 1.82) is 0 Å². The number of benzene rings is 10. The lowest BCUT2D eigenvalue weighted by Crippen LogP contribution is -2.16. The fourth-order valence-corrected chi connectivity index (χ4v) is 10.3. The van der Waals surface area contributed by atoms with E-state index in [-0.39, 0.29) is 5.41 Å². The summed E-state index contributed by atoms with van der Waals surface area (Å²) in [5.74, 6) is 0. The van der Waals surface area contributed by atoms with Crippen LogP contribution in [0.25, 0.3) is 82.1 Å². The number of nitrogens with zero attached hydrogens (tertiary/aromatic N) is 2. The molecule has 0 spiro atoms. The number of para-hydroxylation sites is 3. The van der Waals surface area contributed by atoms with Crippen LogP contribution in [0.15, 0.2) is 206 Å². The molecule has 0 radical (unpaired) electrons. The molecular formula is C57H40N2. The van der Waals surface area contributed by atoms with E-state index in [1.807, 2.05) is 0 Å². The first kappa shape index (κ1) is 33.7. The lowest BCUT2D eigenvalue weighted by molar-refractivity contribution is 0.660. The topological polar surface area (TPSA) is 8.17 Å². The van der Waals surface area contributed by atoms with Crippen molar-refractivity contribution in [2.75, 3.05) is 4.90 Å². The van der Waals surface area contributed by atoms with Gasteiger partial charge in [-0.15, -0.1) is 0 Å². The molecule has 1 aromatic heterocycles. The molecule has 278 valence electrons. The molecule has 0 saturated carbocycles. The quantitative estimate of drug-likeness (QED) is 0.159. The van der Waals surface area contributed by atoms with Crippen molar-refractivity contribution in [3.05, 3.63) is 217 Å². The van der Waals surface area contributed by atoms with Gasteiger partial charge in [0.2, 0.25) is 0 Å². The monoisotopic (exact) mass is 752 g/mol. The molecule has 0 saturated heterocycles. The van der Waals surface area contributed by atoms with Crippen LogP contribution in [0.4, 0.5) is 17.1 Å². The van der Waals surface area contributed by atoms with Gasteiger partial charge in [-0.05, 0) is 116 Å². The van der Waals surface area contributed by atoms with Gasteiger partial charge >= 0.3 is 0 Å². The van der Waals surface area contributed by atoms with E-state index in [1.165, 1.54) is 93.2 Å². The minimum Gasteiger partial charge on any atom is -0.310 e. The number of aromatic nitrogens is 1. The molecule has 11 aromatic rings. The second-order valence-electron chi connectivity index (χ2n) is 16.5. The third-order valence-corrected chi connectivity index (χ3v) is 12.9. The van der Waals surface area contributed by atoms with E-state index >= 15 is 0 Å². The van der Waals surface area contributed by atoms with E-state index in [9.17, 15) is 0 Å². The molecule has 0 N–H and O–H groups in total. The van der Waals surface area contributed by atoms with Gasteiger partial charge < -0.3 is 9.47 Å². The highest BCUT2D eigenvalue weighted by molar-refractivity contribution is 6.38. The third kappa shape index (κ3) is 4.93. The molecule has 2 nitrogen and oxygen atoms in total. The molecule has 1 aliphatic carbocycles. The lowest BCUT2D eigenvalue weighted by Gasteiger charge is -2.28. The summed E-state index contributed by atoms with van der Waals surface area (Å²) in [6, 6.07) is 76.0. The molecule has 2 heteroatoms. The smallest absolute Gasteiger partial charge is 0.0626 e. The van der Waals surface area contributed by atoms with Crippen LogP contribution in [0.5, 0.6) is 0 Å². The molecule has 0 aliphatic heterocycles. The summed E-state index contributed by atoms with van der Waals surface area (Å²) in [6.07, 6.45) is 0. The van der Waals surface area contributed by atoms with E-state index in [2.05, 4.69) is 230 Å². The Morgan fingerprint density at radius 1 is 0.373 bits per heavy atom. The summed E-state index contributed by atoms with van der Waals surface area (Å²) in [5, 5.41) is 10.2. The van der Waals surface area contributed by atoms with Crippen LogP contribution in [0.1, 0.15) is 25.0 Å². The zero-order valence-electron chi connectivity index (χ0n) is 33.0. The minimum atomic E-state index is -0.0858. The summed E-state index contributed by atoms with van der Waals surface area (Å²) in [5.41, 5.74) is 14.8. The van der Waals surface area contributed by atoms with Crippen LogP contribution in [-0.4, -0.2) is 4.57 Å². The maximum absolute atomic E-state index is 2.47. The van der Waals surface area contributed by atoms with Gasteiger partial charge in [0.25, 0.3) is 0 Å². The Hall–Kier alpha value is -7.42. The highest BCUT2D eigenvalue weighted by Crippen LogP contribution is 2.51. The molecule has 1 aliphatic rings. The Bertz CT molecular complexity index is 3450. The normalized spacial score (nSPS) is 13.1. The molecule has 0 unspecified atom stereocenters. The average Bonchev–Trinajstić information content (AvgIpc) is 3.76. The van der Waals surface area contributed by atoms with Crippen molar-refractivity contribution >= 4 is 71.2 Å². The van der Waals surface area contributed by atoms with Crippen molar-refractivity contribution in [3.8, 4) is 27.9 Å². The highest BCUT2D eigenvalue weighted by Gasteiger charge is 2.35. The van der Waals surface area contributed by atoms with Gasteiger partial charge in [-0.25, -0.2) is 0 Å². The Labute approximate surface area is 343 Å². The predicted octanol–water partition coefficient (Wildman–Crippen LogP) is 15.7. The molecule has 1 heterocycles. The number of rotatable bonds is 5. The Morgan fingerprint density at radius 2 is 0.949 bits per heavy atom. The van der Waals surface area contributed by atoms with Gasteiger partial charge in [-0.2, -0.15) is 0 Å². The first-order chi connectivity index (χ1) is 29.1. The number of hydrogen-bond acceptors (Lipinski definition) is 1. The minimum absolute atomic E-state index is 0.0858. The van der Waals surface area contributed by atoms with Crippen molar-refractivity contribution in [2.45, 2.75) is 19.3 Å². The second kappa shape index (κ2) is 12.8. The zero-order valence-corrected chi connectivity index (χ0v) is 33.0. The molecule has 0 bridgehead atoms. The zero-order chi connectivity index (χ0) is 39.2. The van der Waals surface area contributed by atoms with Gasteiger partial charge in [-0.3, -0.25) is 0 Å². The molecule has 59 heavy (non-hydrogen) atoms. The highest BCUT2D eigenvalue weighted by atomic mass is 15.1. The van der Waals surface area contributed by atoms with Crippen LogP contribution in [-0.2, 0) is 5.41 Å². The van der Waals surface area contributed by atoms with Crippen LogP contribution in [0, 0.1) is 0 Å². The Kier molecular flexibility index (Phi) is 7.31. The predicted molar refractivity (Wildman–Crippen MR) is 251 cm³/mol. The van der Waals surface area contributed by atoms with Crippen LogP contribution in [0.2, 0.25) is 0 Å². The fraction of sp³-hybridized carbons (Fsp3) is 0.0526. The summed E-state index contributed by atoms with van der Waals surface area (Å²) in [6.45, 7) is 4.71. The molecular weight excluding hydrogens is 713 g/mol. The lowest BCUT2D eigenvalue weighted by atomic mass is 9.82. The number of anilines is 3. The molecule has 0 atom stereocenters. The largest absolute Gasteiger partial charge is 0.310 e. The summed E-state index contributed by atoms with van der Waals surface area (Å²) >= 11 is 0. The van der Waals surface area contributed by atoms with Crippen LogP contribution >= 0.6 is 0 Å². The SMILES string of the molecule is CC1(C)c2ccccc2-c2ccc(N(c3ccccc3)c3ccc(-c4cc5c6ccccc6c6c(c7ccccc7n6-c6ccccc6)c5c5ccccc45)cc3)cc21. The second-order valence-corrected chi connectivity index (χ2v) is 16.5. The summed E-state index contributed by atoms with van der Waals surface area (Å²) in [7, 11) is 0. The van der Waals surface area contributed by atoms with E-state index in [0.29, 0.717) is 0 Å². The van der Waals surface area contributed by atoms with E-state index in [1.54, 1.807) is 0 Å². The van der Waals surface area contributed by atoms with Gasteiger partial charge in [0.1, 0.15) is 0 Å². The van der Waals surface area contributed by atoms with Gasteiger partial charge in [0, 0.05) is 49.7 Å². The molecule has 12 rings (SSSR count). The first-order valence-corrected chi connectivity index (χ1v) is 20.6. The molecule has 0 fully saturated rings. The maximum Gasteiger partial charge on any atom is 0.0626 e. The van der Waals surface area contributed by atoms with Crippen LogP contribution in [0.3, 0.4) is 0 Å². The maximum atomic E-state index is 2.47. The summed E-state index contributed by atoms with van der Waals surface area (Å²) < 4.78 is 2.47. The third-order valence-electron chi connectivity index (χ3n) is 12.9. The van der Waals surface area contributed by atoms with Crippen molar-refractivity contribution < 1.29 is 0 Å².